The van der Waals surface area contributed by atoms with E-state index in [1.54, 1.807) is 28.6 Å². The van der Waals surface area contributed by atoms with Gasteiger partial charge in [0.1, 0.15) is 20.0 Å². The molecule has 0 aromatic heterocycles. The lowest BCUT2D eigenvalue weighted by Gasteiger charge is -2.32. The molecule has 10 heteroatoms. The van der Waals surface area contributed by atoms with E-state index in [1.807, 2.05) is 34.6 Å². The second-order valence-corrected chi connectivity index (χ2v) is 10.1. The molecule has 0 aliphatic heterocycles. The summed E-state index contributed by atoms with van der Waals surface area (Å²) in [5.74, 6) is -1.45. The third-order valence-corrected chi connectivity index (χ3v) is 4.06. The van der Waals surface area contributed by atoms with Crippen LogP contribution in [0.3, 0.4) is 0 Å². The van der Waals surface area contributed by atoms with E-state index >= 15 is 0 Å². The van der Waals surface area contributed by atoms with Crippen molar-refractivity contribution < 1.29 is 33.7 Å². The van der Waals surface area contributed by atoms with Crippen molar-refractivity contribution in [3.05, 3.63) is 0 Å². The molecule has 0 saturated carbocycles. The van der Waals surface area contributed by atoms with Gasteiger partial charge in [0.05, 0.1) is 23.9 Å². The first-order valence-corrected chi connectivity index (χ1v) is 10.7. The summed E-state index contributed by atoms with van der Waals surface area (Å²) in [4.78, 5) is 36.9. The van der Waals surface area contributed by atoms with Gasteiger partial charge in [-0.1, -0.05) is 0 Å². The van der Waals surface area contributed by atoms with Crippen LogP contribution in [0, 0.1) is 0 Å². The predicted molar refractivity (Wildman–Crippen MR) is 121 cm³/mol. The number of hydrogen-bond acceptors (Lipinski definition) is 6. The van der Waals surface area contributed by atoms with Crippen LogP contribution in [0.1, 0.15) is 61.8 Å². The van der Waals surface area contributed by atoms with E-state index in [-0.39, 0.29) is 31.0 Å². The fourth-order valence-electron chi connectivity index (χ4n) is 2.52. The molecule has 0 rings (SSSR count). The predicted octanol–water partition coefficient (Wildman–Crippen LogP) is 1.84. The molecule has 0 unspecified atom stereocenters. The normalized spacial score (nSPS) is 13.4. The standard InChI is InChI=1S/C21H41BN2O7/c1-19(2,3)29-10-9-21(7,8)30-14-15(23-18(28)31-20(4,5)6)12-24(13-17(26)27)16(25)11-22/h15H,9-14,22H2,1-8H3,(H,23,28)(H,26,27)/t15-/m1/s1. The molecule has 0 radical (unpaired) electrons. The zero-order chi connectivity index (χ0) is 24.5. The number of nitrogens with one attached hydrogen (secondary N) is 1. The van der Waals surface area contributed by atoms with Gasteiger partial charge in [0.15, 0.2) is 0 Å². The molecule has 0 aliphatic rings. The molecule has 0 aliphatic carbocycles. The average molecular weight is 444 g/mol. The highest BCUT2D eigenvalue weighted by molar-refractivity contribution is 6.19. The number of carbonyl (C=O) groups is 3. The number of aliphatic carboxylic acids is 1. The Morgan fingerprint density at radius 3 is 2.03 bits per heavy atom. The number of nitrogens with zero attached hydrogens (tertiary/aromatic N) is 1. The van der Waals surface area contributed by atoms with Crippen LogP contribution in [0.2, 0.25) is 6.32 Å². The number of carbonyl (C=O) groups excluding carboxylic acids is 2. The molecule has 9 nitrogen and oxygen atoms in total. The van der Waals surface area contributed by atoms with E-state index in [2.05, 4.69) is 5.32 Å². The van der Waals surface area contributed by atoms with Gasteiger partial charge in [-0.2, -0.15) is 0 Å². The summed E-state index contributed by atoms with van der Waals surface area (Å²) >= 11 is 0. The van der Waals surface area contributed by atoms with E-state index in [9.17, 15) is 14.4 Å². The molecule has 0 fully saturated rings. The van der Waals surface area contributed by atoms with Crippen LogP contribution in [0.4, 0.5) is 4.79 Å². The topological polar surface area (TPSA) is 114 Å². The van der Waals surface area contributed by atoms with Gasteiger partial charge in [0, 0.05) is 13.2 Å². The first kappa shape index (κ1) is 29.2. The van der Waals surface area contributed by atoms with Crippen molar-refractivity contribution in [2.24, 2.45) is 0 Å². The Labute approximate surface area is 187 Å². The van der Waals surface area contributed by atoms with Crippen LogP contribution in [0.15, 0.2) is 0 Å². The first-order valence-electron chi connectivity index (χ1n) is 10.7. The molecule has 2 amide bonds. The zero-order valence-corrected chi connectivity index (χ0v) is 20.7. The van der Waals surface area contributed by atoms with Crippen molar-refractivity contribution in [1.82, 2.24) is 10.2 Å². The Kier molecular flexibility index (Phi) is 11.6. The quantitative estimate of drug-likeness (QED) is 0.442. The van der Waals surface area contributed by atoms with E-state index < -0.39 is 35.9 Å². The Morgan fingerprint density at radius 1 is 1.00 bits per heavy atom. The van der Waals surface area contributed by atoms with Crippen molar-refractivity contribution in [1.29, 1.82) is 0 Å². The van der Waals surface area contributed by atoms with Crippen molar-refractivity contribution in [2.45, 2.75) is 91.0 Å². The molecule has 180 valence electrons. The van der Waals surface area contributed by atoms with Crippen molar-refractivity contribution in [2.75, 3.05) is 26.3 Å². The SMILES string of the molecule is BCC(=O)N(CC(=O)O)C[C@H](COC(C)(C)CCOC(C)(C)C)NC(=O)OC(C)(C)C. The molecular formula is C21H41BN2O7. The molecule has 0 aromatic carbocycles. The summed E-state index contributed by atoms with van der Waals surface area (Å²) in [6.07, 6.45) is 0.119. The van der Waals surface area contributed by atoms with Crippen LogP contribution >= 0.6 is 0 Å². The highest BCUT2D eigenvalue weighted by Gasteiger charge is 2.27. The Morgan fingerprint density at radius 2 is 1.58 bits per heavy atom. The van der Waals surface area contributed by atoms with Crippen molar-refractivity contribution in [3.63, 3.8) is 0 Å². The third kappa shape index (κ3) is 15.6. The van der Waals surface area contributed by atoms with Gasteiger partial charge in [-0.15, -0.1) is 0 Å². The first-order chi connectivity index (χ1) is 13.9. The monoisotopic (exact) mass is 444 g/mol. The van der Waals surface area contributed by atoms with E-state index in [0.29, 0.717) is 13.0 Å². The number of carboxylic acids is 1. The third-order valence-electron chi connectivity index (χ3n) is 4.06. The van der Waals surface area contributed by atoms with Crippen molar-refractivity contribution in [3.8, 4) is 0 Å². The van der Waals surface area contributed by atoms with E-state index in [4.69, 9.17) is 19.3 Å². The zero-order valence-electron chi connectivity index (χ0n) is 20.7. The van der Waals surface area contributed by atoms with E-state index in [0.717, 1.165) is 0 Å². The van der Waals surface area contributed by atoms with Crippen LogP contribution in [0.5, 0.6) is 0 Å². The fourth-order valence-corrected chi connectivity index (χ4v) is 2.52. The van der Waals surface area contributed by atoms with Gasteiger partial charge in [0.25, 0.3) is 0 Å². The van der Waals surface area contributed by atoms with Gasteiger partial charge in [0.2, 0.25) is 5.91 Å². The Balaban J connectivity index is 5.21. The van der Waals surface area contributed by atoms with Gasteiger partial charge < -0.3 is 29.5 Å². The van der Waals surface area contributed by atoms with Crippen LogP contribution in [0.25, 0.3) is 0 Å². The number of hydrogen-bond donors (Lipinski definition) is 2. The number of ether oxygens (including phenoxy) is 3. The largest absolute Gasteiger partial charge is 0.480 e. The van der Waals surface area contributed by atoms with Gasteiger partial charge >= 0.3 is 12.1 Å². The summed E-state index contributed by atoms with van der Waals surface area (Å²) in [6.45, 7) is 15.1. The van der Waals surface area contributed by atoms with Crippen molar-refractivity contribution >= 4 is 25.8 Å². The maximum atomic E-state index is 12.3. The summed E-state index contributed by atoms with van der Waals surface area (Å²) in [5.41, 5.74) is -1.50. The summed E-state index contributed by atoms with van der Waals surface area (Å²) in [5, 5.41) is 11.9. The lowest BCUT2D eigenvalue weighted by Crippen LogP contribution is -2.51. The maximum Gasteiger partial charge on any atom is 0.408 e. The lowest BCUT2D eigenvalue weighted by molar-refractivity contribution is -0.144. The Hall–Kier alpha value is -1.81. The second kappa shape index (κ2) is 12.3. The molecule has 2 N–H and O–H groups in total. The maximum absolute atomic E-state index is 12.3. The number of amides is 2. The number of rotatable bonds is 12. The summed E-state index contributed by atoms with van der Waals surface area (Å²) in [6, 6.07) is -0.646. The lowest BCUT2D eigenvalue weighted by atomic mass is 10.0. The minimum atomic E-state index is -1.13. The van der Waals surface area contributed by atoms with Gasteiger partial charge in [-0.05, 0) is 68.1 Å². The number of carboxylic acid groups (broad SMARTS) is 1. The van der Waals surface area contributed by atoms with Gasteiger partial charge in [-0.25, -0.2) is 4.79 Å². The van der Waals surface area contributed by atoms with Gasteiger partial charge in [-0.3, -0.25) is 9.59 Å². The smallest absolute Gasteiger partial charge is 0.408 e. The molecule has 0 saturated heterocycles. The molecule has 31 heavy (non-hydrogen) atoms. The van der Waals surface area contributed by atoms with E-state index in [1.165, 1.54) is 4.90 Å². The minimum Gasteiger partial charge on any atom is -0.480 e. The summed E-state index contributed by atoms with van der Waals surface area (Å²) in [7, 11) is 1.66. The highest BCUT2D eigenvalue weighted by Crippen LogP contribution is 2.18. The number of alkyl carbamates (subject to hydrolysis) is 1. The molecule has 0 heterocycles. The molecule has 0 spiro atoms. The molecule has 0 bridgehead atoms. The molecule has 1 atom stereocenters. The fraction of sp³-hybridized carbons (Fsp3) is 0.857. The van der Waals surface area contributed by atoms with Crippen LogP contribution in [-0.2, 0) is 23.8 Å². The van der Waals surface area contributed by atoms with Crippen LogP contribution in [-0.4, -0.2) is 85.0 Å². The van der Waals surface area contributed by atoms with Crippen LogP contribution < -0.4 is 5.32 Å². The summed E-state index contributed by atoms with van der Waals surface area (Å²) < 4.78 is 17.1. The second-order valence-electron chi connectivity index (χ2n) is 10.1. The highest BCUT2D eigenvalue weighted by atomic mass is 16.6. The molecular weight excluding hydrogens is 403 g/mol. The average Bonchev–Trinajstić information content (AvgIpc) is 2.54. The minimum absolute atomic E-state index is 0.00716. The molecule has 0 aromatic rings. The Bertz CT molecular complexity index is 598.